The Labute approximate surface area is 98.0 Å². The van der Waals surface area contributed by atoms with Crippen molar-refractivity contribution >= 4 is 11.8 Å². The van der Waals surface area contributed by atoms with Crippen molar-refractivity contribution in [3.8, 4) is 0 Å². The monoisotopic (exact) mass is 229 g/mol. The summed E-state index contributed by atoms with van der Waals surface area (Å²) < 4.78 is 16.8. The van der Waals surface area contributed by atoms with Crippen molar-refractivity contribution in [2.24, 2.45) is 5.41 Å². The molecule has 0 saturated carbocycles. The maximum absolute atomic E-state index is 11.8. The number of carbonyl (C=O) groups excluding carboxylic acids is 2. The lowest BCUT2D eigenvalue weighted by molar-refractivity contribution is -0.137. The molecule has 0 aromatic carbocycles. The van der Waals surface area contributed by atoms with E-state index in [-0.39, 0.29) is 25.2 Å². The van der Waals surface area contributed by atoms with Crippen LogP contribution in [0.5, 0.6) is 0 Å². The predicted molar refractivity (Wildman–Crippen MR) is 60.8 cm³/mol. The molecule has 0 amide bonds. The van der Waals surface area contributed by atoms with Gasteiger partial charge in [-0.15, -0.1) is 0 Å². The number of carbonyl (C=O) groups is 2. The van der Waals surface area contributed by atoms with Crippen molar-refractivity contribution in [3.05, 3.63) is 11.8 Å². The first kappa shape index (κ1) is 12.7. The topological polar surface area (TPSA) is 52.6 Å². The van der Waals surface area contributed by atoms with Crippen LogP contribution in [0, 0.1) is 5.41 Å². The lowest BCUT2D eigenvalue weighted by Gasteiger charge is -2.24. The first-order valence-corrected chi connectivity index (χ1v) is 5.24. The van der Waals surface area contributed by atoms with E-state index in [1.165, 1.54) is 0 Å². The van der Waals surface area contributed by atoms with Gasteiger partial charge in [-0.05, 0) is 20.8 Å². The van der Waals surface area contributed by atoms with E-state index in [0.29, 0.717) is 6.42 Å². The molecule has 0 aliphatic heterocycles. The standard InChI is InChI=1S/C12H20O4/c1-6-9(13)12(3,4)10(15-5)8-11(14)16-7-2/h8H,6-7H2,1-5H3/b10-8-/i5D. The number of ketones is 1. The van der Waals surface area contributed by atoms with Gasteiger partial charge in [0.15, 0.2) is 0 Å². The molecule has 0 heterocycles. The molecule has 0 rings (SSSR count). The van der Waals surface area contributed by atoms with Gasteiger partial charge in [0, 0.05) is 6.42 Å². The van der Waals surface area contributed by atoms with Gasteiger partial charge in [-0.1, -0.05) is 6.92 Å². The molecular formula is C12H20O4. The van der Waals surface area contributed by atoms with Crippen LogP contribution in [0.2, 0.25) is 0 Å². The van der Waals surface area contributed by atoms with Gasteiger partial charge in [0.2, 0.25) is 0 Å². The summed E-state index contributed by atoms with van der Waals surface area (Å²) in [5, 5.41) is 0. The van der Waals surface area contributed by atoms with Gasteiger partial charge in [0.05, 0.1) is 26.6 Å². The molecule has 0 aliphatic rings. The highest BCUT2D eigenvalue weighted by Crippen LogP contribution is 2.29. The number of hydrogen-bond donors (Lipinski definition) is 0. The first-order chi connectivity index (χ1) is 7.89. The highest BCUT2D eigenvalue weighted by atomic mass is 16.5. The molecule has 92 valence electrons. The van der Waals surface area contributed by atoms with Gasteiger partial charge in [-0.2, -0.15) is 0 Å². The largest absolute Gasteiger partial charge is 0.500 e. The fourth-order valence-electron chi connectivity index (χ4n) is 1.27. The maximum atomic E-state index is 11.8. The van der Waals surface area contributed by atoms with Crippen LogP contribution in [0.15, 0.2) is 11.8 Å². The highest BCUT2D eigenvalue weighted by molar-refractivity contribution is 5.89. The molecule has 0 fully saturated rings. The van der Waals surface area contributed by atoms with E-state index in [1.54, 1.807) is 27.7 Å². The lowest BCUT2D eigenvalue weighted by Crippen LogP contribution is -2.27. The Morgan fingerprint density at radius 1 is 1.38 bits per heavy atom. The van der Waals surface area contributed by atoms with Gasteiger partial charge < -0.3 is 9.47 Å². The molecule has 0 bridgehead atoms. The highest BCUT2D eigenvalue weighted by Gasteiger charge is 2.32. The zero-order chi connectivity index (χ0) is 13.5. The second kappa shape index (κ2) is 6.30. The molecule has 0 aromatic rings. The second-order valence-corrected chi connectivity index (χ2v) is 3.81. The van der Waals surface area contributed by atoms with E-state index < -0.39 is 11.4 Å². The van der Waals surface area contributed by atoms with Crippen LogP contribution in [0.25, 0.3) is 0 Å². The number of allylic oxidation sites excluding steroid dienone is 1. The molecular weight excluding hydrogens is 208 g/mol. The molecule has 0 N–H and O–H groups in total. The summed E-state index contributed by atoms with van der Waals surface area (Å²) in [4.78, 5) is 23.1. The normalized spacial score (nSPS) is 13.0. The number of esters is 1. The third-order valence-electron chi connectivity index (χ3n) is 2.33. The van der Waals surface area contributed by atoms with Crippen LogP contribution < -0.4 is 0 Å². The summed E-state index contributed by atoms with van der Waals surface area (Å²) in [7, 11) is -0.342. The Kier molecular flexibility index (Phi) is 5.02. The van der Waals surface area contributed by atoms with Crippen molar-refractivity contribution < 1.29 is 20.4 Å². The summed E-state index contributed by atoms with van der Waals surface area (Å²) in [5.41, 5.74) is -0.914. The molecule has 0 saturated heterocycles. The van der Waals surface area contributed by atoms with Crippen LogP contribution in [0.1, 0.15) is 35.5 Å². The molecule has 0 unspecified atom stereocenters. The molecule has 4 heteroatoms. The van der Waals surface area contributed by atoms with Gasteiger partial charge in [-0.3, -0.25) is 4.79 Å². The Bertz CT molecular complexity index is 308. The summed E-state index contributed by atoms with van der Waals surface area (Å²) >= 11 is 0. The first-order valence-electron chi connectivity index (χ1n) is 5.95. The average Bonchev–Trinajstić information content (AvgIpc) is 2.27. The summed E-state index contributed by atoms with van der Waals surface area (Å²) in [6.07, 6.45) is 1.49. The van der Waals surface area contributed by atoms with Gasteiger partial charge in [0.1, 0.15) is 11.5 Å². The SMILES string of the molecule is [2H]CO/C(=C\C(=O)OCC)C(C)(C)C(=O)CC. The van der Waals surface area contributed by atoms with E-state index in [0.717, 1.165) is 6.08 Å². The minimum Gasteiger partial charge on any atom is -0.500 e. The summed E-state index contributed by atoms with van der Waals surface area (Å²) in [6.45, 7) is 7.02. The quantitative estimate of drug-likeness (QED) is 0.397. The minimum absolute atomic E-state index is 0.0542. The van der Waals surface area contributed by atoms with Crippen LogP contribution >= 0.6 is 0 Å². The third kappa shape index (κ3) is 3.68. The Hall–Kier alpha value is -1.32. The zero-order valence-electron chi connectivity index (χ0n) is 11.3. The predicted octanol–water partition coefficient (Wildman–Crippen LogP) is 2.09. The molecule has 0 aliphatic carbocycles. The van der Waals surface area contributed by atoms with Gasteiger partial charge in [0.25, 0.3) is 0 Å². The Balaban J connectivity index is 5.07. The van der Waals surface area contributed by atoms with E-state index in [1.807, 2.05) is 0 Å². The van der Waals surface area contributed by atoms with Crippen molar-refractivity contribution in [2.45, 2.75) is 34.1 Å². The summed E-state index contributed by atoms with van der Waals surface area (Å²) in [5.74, 6) is -0.438. The van der Waals surface area contributed by atoms with Crippen molar-refractivity contribution in [3.63, 3.8) is 0 Å². The number of hydrogen-bond acceptors (Lipinski definition) is 4. The molecule has 16 heavy (non-hydrogen) atoms. The molecule has 0 atom stereocenters. The van der Waals surface area contributed by atoms with Crippen molar-refractivity contribution in [1.29, 1.82) is 0 Å². The second-order valence-electron chi connectivity index (χ2n) is 3.81. The van der Waals surface area contributed by atoms with Crippen LogP contribution in [-0.4, -0.2) is 25.4 Å². The smallest absolute Gasteiger partial charge is 0.334 e. The molecule has 0 radical (unpaired) electrons. The van der Waals surface area contributed by atoms with Gasteiger partial charge in [-0.25, -0.2) is 4.79 Å². The van der Waals surface area contributed by atoms with E-state index >= 15 is 0 Å². The lowest BCUT2D eigenvalue weighted by atomic mass is 9.84. The summed E-state index contributed by atoms with van der Waals surface area (Å²) in [6, 6.07) is 0. The number of methoxy groups -OCH3 is 1. The third-order valence-corrected chi connectivity index (χ3v) is 2.33. The van der Waals surface area contributed by atoms with Crippen LogP contribution in [0.4, 0.5) is 0 Å². The minimum atomic E-state index is -0.914. The number of ether oxygens (including phenoxy) is 2. The fraction of sp³-hybridized carbons (Fsp3) is 0.667. The van der Waals surface area contributed by atoms with Crippen LogP contribution in [0.3, 0.4) is 0 Å². The molecule has 0 aromatic heterocycles. The Morgan fingerprint density at radius 2 is 2.00 bits per heavy atom. The Morgan fingerprint density at radius 3 is 2.44 bits per heavy atom. The van der Waals surface area contributed by atoms with E-state index in [9.17, 15) is 9.59 Å². The van der Waals surface area contributed by atoms with E-state index in [2.05, 4.69) is 0 Å². The maximum Gasteiger partial charge on any atom is 0.334 e. The van der Waals surface area contributed by atoms with Crippen molar-refractivity contribution in [2.75, 3.05) is 13.7 Å². The molecule has 4 nitrogen and oxygen atoms in total. The number of rotatable bonds is 6. The zero-order valence-corrected chi connectivity index (χ0v) is 10.3. The molecule has 0 spiro atoms. The van der Waals surface area contributed by atoms with Crippen LogP contribution in [-0.2, 0) is 19.1 Å². The van der Waals surface area contributed by atoms with E-state index in [4.69, 9.17) is 10.8 Å². The van der Waals surface area contributed by atoms with Gasteiger partial charge >= 0.3 is 5.97 Å². The number of Topliss-reactive ketones (excluding diaryl/α,β-unsaturated/α-hetero) is 1. The fourth-order valence-corrected chi connectivity index (χ4v) is 1.27. The van der Waals surface area contributed by atoms with Crippen molar-refractivity contribution in [1.82, 2.24) is 0 Å². The average molecular weight is 229 g/mol.